The third-order valence-electron chi connectivity index (χ3n) is 7.98. The van der Waals surface area contributed by atoms with Gasteiger partial charge in [-0.2, -0.15) is 0 Å². The number of hydrogen-bond acceptors (Lipinski definition) is 1. The molecule has 0 fully saturated rings. The first-order valence-corrected chi connectivity index (χ1v) is 13.3. The second kappa shape index (κ2) is 8.08. The maximum Gasteiger partial charge on any atom is 0.135 e. The second-order valence-electron chi connectivity index (χ2n) is 10.1. The minimum atomic E-state index is -0.218. The first-order valence-electron chi connectivity index (χ1n) is 15.8. The maximum atomic E-state index is 9.23. The zero-order chi connectivity index (χ0) is 30.6. The SMILES string of the molecule is [2H]c1c([2H])c2c3c(c([2H])c([2H])c(-c4ccc5c6ccc7ccccc7c6n(-c6ccccc6)c5c4)c3c1[2H])Oc1ccccc1-2. The third-order valence-corrected chi connectivity index (χ3v) is 7.98. The number of fused-ring (bicyclic) bond motifs is 7. The van der Waals surface area contributed by atoms with E-state index in [1.165, 1.54) is 0 Å². The Morgan fingerprint density at radius 2 is 1.38 bits per heavy atom. The summed E-state index contributed by atoms with van der Waals surface area (Å²) in [5, 5.41) is 5.19. The van der Waals surface area contributed by atoms with Crippen LogP contribution in [0.1, 0.15) is 6.85 Å². The Kier molecular flexibility index (Phi) is 3.49. The van der Waals surface area contributed by atoms with E-state index in [-0.39, 0.29) is 36.0 Å². The Morgan fingerprint density at radius 1 is 0.550 bits per heavy atom. The molecular formula is C38H23NO. The number of hydrogen-bond donors (Lipinski definition) is 0. The van der Waals surface area contributed by atoms with Crippen molar-refractivity contribution >= 4 is 43.4 Å². The maximum absolute atomic E-state index is 9.23. The molecule has 2 heteroatoms. The van der Waals surface area contributed by atoms with Crippen molar-refractivity contribution in [1.29, 1.82) is 0 Å². The molecule has 1 aromatic heterocycles. The number of nitrogens with zero attached hydrogens (tertiary/aromatic N) is 1. The normalized spacial score (nSPS) is 13.9. The molecule has 0 saturated heterocycles. The summed E-state index contributed by atoms with van der Waals surface area (Å²) >= 11 is 0. The fraction of sp³-hybridized carbons (Fsp3) is 0. The van der Waals surface area contributed by atoms with Crippen LogP contribution in [0.3, 0.4) is 0 Å². The van der Waals surface area contributed by atoms with Crippen LogP contribution in [0.4, 0.5) is 0 Å². The van der Waals surface area contributed by atoms with Gasteiger partial charge in [0.2, 0.25) is 0 Å². The van der Waals surface area contributed by atoms with E-state index < -0.39 is 0 Å². The van der Waals surface area contributed by atoms with Crippen LogP contribution in [0.2, 0.25) is 0 Å². The number of ether oxygens (including phenoxy) is 1. The Hall–Kier alpha value is -5.34. The predicted octanol–water partition coefficient (Wildman–Crippen LogP) is 10.5. The molecule has 0 saturated carbocycles. The lowest BCUT2D eigenvalue weighted by Gasteiger charge is -2.22. The summed E-state index contributed by atoms with van der Waals surface area (Å²) in [6.45, 7) is 0. The number of para-hydroxylation sites is 2. The predicted molar refractivity (Wildman–Crippen MR) is 167 cm³/mol. The number of aromatic nitrogens is 1. The van der Waals surface area contributed by atoms with Crippen LogP contribution >= 0.6 is 0 Å². The molecule has 2 heterocycles. The van der Waals surface area contributed by atoms with E-state index in [4.69, 9.17) is 10.2 Å². The largest absolute Gasteiger partial charge is 0.456 e. The van der Waals surface area contributed by atoms with Crippen LogP contribution in [0.25, 0.3) is 71.3 Å². The highest BCUT2D eigenvalue weighted by atomic mass is 16.5. The Morgan fingerprint density at radius 3 is 2.33 bits per heavy atom. The minimum absolute atomic E-state index is 0.0827. The van der Waals surface area contributed by atoms with Gasteiger partial charge >= 0.3 is 0 Å². The van der Waals surface area contributed by atoms with E-state index >= 15 is 0 Å². The molecule has 9 rings (SSSR count). The van der Waals surface area contributed by atoms with Gasteiger partial charge in [0, 0.05) is 32.8 Å². The summed E-state index contributed by atoms with van der Waals surface area (Å²) in [6, 6.07) is 35.4. The Bertz CT molecular complexity index is 2570. The molecule has 1 aliphatic rings. The topological polar surface area (TPSA) is 14.2 Å². The summed E-state index contributed by atoms with van der Waals surface area (Å²) in [5.74, 6) is 0.624. The minimum Gasteiger partial charge on any atom is -0.456 e. The highest BCUT2D eigenvalue weighted by Crippen LogP contribution is 2.49. The van der Waals surface area contributed by atoms with Gasteiger partial charge in [-0.1, -0.05) is 109 Å². The molecular weight excluding hydrogens is 486 g/mol. The zero-order valence-electron chi connectivity index (χ0n) is 26.2. The zero-order valence-corrected chi connectivity index (χ0v) is 21.2. The smallest absolute Gasteiger partial charge is 0.135 e. The summed E-state index contributed by atoms with van der Waals surface area (Å²) in [5.41, 5.74) is 5.15. The van der Waals surface area contributed by atoms with Gasteiger partial charge in [0.15, 0.2) is 0 Å². The van der Waals surface area contributed by atoms with Gasteiger partial charge in [0.05, 0.1) is 17.9 Å². The van der Waals surface area contributed by atoms with E-state index in [0.717, 1.165) is 38.3 Å². The first-order chi connectivity index (χ1) is 21.9. The van der Waals surface area contributed by atoms with Gasteiger partial charge in [0.25, 0.3) is 0 Å². The molecule has 2 nitrogen and oxygen atoms in total. The molecule has 0 amide bonds. The average molecular weight is 515 g/mol. The van der Waals surface area contributed by atoms with Gasteiger partial charge in [-0.05, 0) is 57.8 Å². The molecule has 0 N–H and O–H groups in total. The van der Waals surface area contributed by atoms with Gasteiger partial charge < -0.3 is 9.30 Å². The summed E-state index contributed by atoms with van der Waals surface area (Å²) in [4.78, 5) is 0. The van der Waals surface area contributed by atoms with Crippen LogP contribution in [0, 0.1) is 0 Å². The van der Waals surface area contributed by atoms with E-state index in [1.807, 2.05) is 66.7 Å². The molecule has 0 aliphatic carbocycles. The Labute approximate surface area is 238 Å². The summed E-state index contributed by atoms with van der Waals surface area (Å²) in [7, 11) is 0. The lowest BCUT2D eigenvalue weighted by atomic mass is 9.90. The molecule has 7 aromatic carbocycles. The summed E-state index contributed by atoms with van der Waals surface area (Å²) < 4.78 is 53.5. The second-order valence-corrected chi connectivity index (χ2v) is 10.1. The molecule has 0 unspecified atom stereocenters. The third kappa shape index (κ3) is 2.93. The Balaban J connectivity index is 1.44. The van der Waals surface area contributed by atoms with E-state index in [1.54, 1.807) is 6.07 Å². The first kappa shape index (κ1) is 17.3. The fourth-order valence-electron chi connectivity index (χ4n) is 6.21. The molecule has 186 valence electrons. The number of rotatable bonds is 2. The van der Waals surface area contributed by atoms with Crippen LogP contribution in [0.15, 0.2) is 139 Å². The van der Waals surface area contributed by atoms with Crippen molar-refractivity contribution in [3.8, 4) is 39.4 Å². The number of benzene rings is 7. The van der Waals surface area contributed by atoms with Crippen molar-refractivity contribution in [1.82, 2.24) is 4.57 Å². The van der Waals surface area contributed by atoms with Crippen LogP contribution in [0.5, 0.6) is 11.5 Å². The van der Waals surface area contributed by atoms with Crippen LogP contribution in [-0.2, 0) is 0 Å². The van der Waals surface area contributed by atoms with Crippen molar-refractivity contribution in [3.63, 3.8) is 0 Å². The van der Waals surface area contributed by atoms with Gasteiger partial charge in [0.1, 0.15) is 11.5 Å². The molecule has 8 aromatic rings. The lowest BCUT2D eigenvalue weighted by molar-refractivity contribution is 0.487. The molecule has 0 bridgehead atoms. The summed E-state index contributed by atoms with van der Waals surface area (Å²) in [6.07, 6.45) is 0. The van der Waals surface area contributed by atoms with Crippen LogP contribution in [-0.4, -0.2) is 4.57 Å². The van der Waals surface area contributed by atoms with Gasteiger partial charge in [-0.25, -0.2) is 0 Å². The lowest BCUT2D eigenvalue weighted by Crippen LogP contribution is -1.97. The molecule has 40 heavy (non-hydrogen) atoms. The van der Waals surface area contributed by atoms with Crippen LogP contribution < -0.4 is 4.74 Å². The van der Waals surface area contributed by atoms with Crippen molar-refractivity contribution in [3.05, 3.63) is 139 Å². The van der Waals surface area contributed by atoms with Crippen molar-refractivity contribution in [2.45, 2.75) is 0 Å². The standard InChI is InChI=1S/C38H23NO/c1-2-10-26(11-3-1)39-34-23-25(18-19-29(34)33-20-17-24-9-4-5-12-28(24)38(33)39)27-21-22-36-37-31(27)14-8-15-32(37)30-13-6-7-16-35(30)40-36/h1-23H/i8D,14D,15D,21D,22D. The monoisotopic (exact) mass is 514 g/mol. The highest BCUT2D eigenvalue weighted by Gasteiger charge is 2.22. The molecule has 0 spiro atoms. The van der Waals surface area contributed by atoms with E-state index in [0.29, 0.717) is 38.8 Å². The van der Waals surface area contributed by atoms with Crippen molar-refractivity contribution in [2.24, 2.45) is 0 Å². The van der Waals surface area contributed by atoms with E-state index in [9.17, 15) is 1.37 Å². The average Bonchev–Trinajstić information content (AvgIpc) is 3.42. The quantitative estimate of drug-likeness (QED) is 0.224. The van der Waals surface area contributed by atoms with E-state index in [2.05, 4.69) is 41.0 Å². The van der Waals surface area contributed by atoms with Crippen molar-refractivity contribution < 1.29 is 11.6 Å². The highest BCUT2D eigenvalue weighted by molar-refractivity contribution is 6.19. The molecule has 0 radical (unpaired) electrons. The molecule has 1 aliphatic heterocycles. The molecule has 0 atom stereocenters. The fourth-order valence-corrected chi connectivity index (χ4v) is 6.21. The van der Waals surface area contributed by atoms with Crippen molar-refractivity contribution in [2.75, 3.05) is 0 Å². The van der Waals surface area contributed by atoms with Gasteiger partial charge in [-0.3, -0.25) is 0 Å². The van der Waals surface area contributed by atoms with Gasteiger partial charge in [-0.15, -0.1) is 0 Å².